The monoisotopic (exact) mass is 285 g/mol. The molecule has 0 spiro atoms. The van der Waals surface area contributed by atoms with Gasteiger partial charge in [-0.2, -0.15) is 0 Å². The highest BCUT2D eigenvalue weighted by atomic mass is 16.5. The van der Waals surface area contributed by atoms with Crippen molar-refractivity contribution in [3.8, 4) is 0 Å². The first kappa shape index (κ1) is 15.2. The van der Waals surface area contributed by atoms with Gasteiger partial charge in [0.1, 0.15) is 0 Å². The zero-order valence-corrected chi connectivity index (χ0v) is 12.0. The van der Waals surface area contributed by atoms with E-state index in [1.54, 1.807) is 30.3 Å². The number of rotatable bonds is 6. The Bertz CT molecular complexity index is 584. The van der Waals surface area contributed by atoms with E-state index in [-0.39, 0.29) is 0 Å². The standard InChI is InChI=1S/C17H19NO3/c1-2-21-12-13-7-6-10-15(11-13)18-17(20)16(19)14-8-4-3-5-9-14/h3-11,16,19H,2,12H2,1H3,(H,18,20). The Morgan fingerprint density at radius 2 is 1.95 bits per heavy atom. The molecule has 0 radical (unpaired) electrons. The molecule has 110 valence electrons. The Balaban J connectivity index is 2.02. The lowest BCUT2D eigenvalue weighted by atomic mass is 10.1. The molecule has 0 saturated heterocycles. The molecule has 1 amide bonds. The number of aliphatic hydroxyl groups is 1. The summed E-state index contributed by atoms with van der Waals surface area (Å²) < 4.78 is 5.33. The van der Waals surface area contributed by atoms with Crippen molar-refractivity contribution >= 4 is 11.6 Å². The minimum absolute atomic E-state index is 0.449. The minimum atomic E-state index is -1.18. The van der Waals surface area contributed by atoms with Crippen LogP contribution in [0.4, 0.5) is 5.69 Å². The molecule has 0 fully saturated rings. The number of carbonyl (C=O) groups excluding carboxylic acids is 1. The summed E-state index contributed by atoms with van der Waals surface area (Å²) in [5, 5.41) is 12.7. The van der Waals surface area contributed by atoms with Crippen molar-refractivity contribution in [2.45, 2.75) is 19.6 Å². The average Bonchev–Trinajstić information content (AvgIpc) is 2.53. The lowest BCUT2D eigenvalue weighted by Gasteiger charge is -2.12. The van der Waals surface area contributed by atoms with Gasteiger partial charge >= 0.3 is 0 Å². The van der Waals surface area contributed by atoms with Crippen LogP contribution in [0.5, 0.6) is 0 Å². The lowest BCUT2D eigenvalue weighted by Crippen LogP contribution is -2.20. The third-order valence-electron chi connectivity index (χ3n) is 3.03. The summed E-state index contributed by atoms with van der Waals surface area (Å²) in [4.78, 5) is 12.0. The van der Waals surface area contributed by atoms with E-state index in [2.05, 4.69) is 5.32 Å². The van der Waals surface area contributed by atoms with Crippen LogP contribution in [-0.2, 0) is 16.1 Å². The fourth-order valence-electron chi connectivity index (χ4n) is 1.96. The second-order valence-corrected chi connectivity index (χ2v) is 4.64. The van der Waals surface area contributed by atoms with E-state index >= 15 is 0 Å². The molecule has 2 N–H and O–H groups in total. The van der Waals surface area contributed by atoms with E-state index in [0.29, 0.717) is 24.5 Å². The Hall–Kier alpha value is -2.17. The van der Waals surface area contributed by atoms with Crippen molar-refractivity contribution in [1.29, 1.82) is 0 Å². The van der Waals surface area contributed by atoms with Crippen LogP contribution in [0.25, 0.3) is 0 Å². The Labute approximate surface area is 124 Å². The normalized spacial score (nSPS) is 11.9. The zero-order valence-electron chi connectivity index (χ0n) is 12.0. The maximum absolute atomic E-state index is 12.0. The van der Waals surface area contributed by atoms with Crippen LogP contribution in [0.1, 0.15) is 24.2 Å². The maximum Gasteiger partial charge on any atom is 0.257 e. The molecule has 4 nitrogen and oxygen atoms in total. The fraction of sp³-hybridized carbons (Fsp3) is 0.235. The molecule has 0 saturated carbocycles. The summed E-state index contributed by atoms with van der Waals surface area (Å²) in [6.45, 7) is 3.08. The van der Waals surface area contributed by atoms with E-state index in [1.807, 2.05) is 31.2 Å². The maximum atomic E-state index is 12.0. The molecule has 2 aromatic carbocycles. The van der Waals surface area contributed by atoms with E-state index in [9.17, 15) is 9.90 Å². The zero-order chi connectivity index (χ0) is 15.1. The van der Waals surface area contributed by atoms with Gasteiger partial charge in [-0.05, 0) is 30.2 Å². The number of nitrogens with one attached hydrogen (secondary N) is 1. The fourth-order valence-corrected chi connectivity index (χ4v) is 1.96. The van der Waals surface area contributed by atoms with Crippen LogP contribution in [0.3, 0.4) is 0 Å². The van der Waals surface area contributed by atoms with Crippen molar-refractivity contribution < 1.29 is 14.6 Å². The van der Waals surface area contributed by atoms with Crippen LogP contribution in [-0.4, -0.2) is 17.6 Å². The van der Waals surface area contributed by atoms with Crippen molar-refractivity contribution in [1.82, 2.24) is 0 Å². The summed E-state index contributed by atoms with van der Waals surface area (Å²) in [6, 6.07) is 16.2. The van der Waals surface area contributed by atoms with E-state index in [4.69, 9.17) is 4.74 Å². The highest BCUT2D eigenvalue weighted by Gasteiger charge is 2.16. The third-order valence-corrected chi connectivity index (χ3v) is 3.03. The highest BCUT2D eigenvalue weighted by molar-refractivity contribution is 5.94. The molecular formula is C17H19NO3. The molecule has 0 aromatic heterocycles. The first-order chi connectivity index (χ1) is 10.2. The van der Waals surface area contributed by atoms with Crippen LogP contribution >= 0.6 is 0 Å². The molecule has 0 bridgehead atoms. The number of amides is 1. The summed E-state index contributed by atoms with van der Waals surface area (Å²) in [7, 11) is 0. The van der Waals surface area contributed by atoms with E-state index in [1.165, 1.54) is 0 Å². The number of carbonyl (C=O) groups is 1. The highest BCUT2D eigenvalue weighted by Crippen LogP contribution is 2.17. The molecule has 1 atom stereocenters. The topological polar surface area (TPSA) is 58.6 Å². The number of hydrogen-bond donors (Lipinski definition) is 2. The first-order valence-corrected chi connectivity index (χ1v) is 6.91. The molecule has 0 heterocycles. The van der Waals surface area contributed by atoms with Crippen LogP contribution in [0, 0.1) is 0 Å². The van der Waals surface area contributed by atoms with Gasteiger partial charge in [-0.25, -0.2) is 0 Å². The van der Waals surface area contributed by atoms with Gasteiger partial charge in [-0.1, -0.05) is 42.5 Å². The van der Waals surface area contributed by atoms with Gasteiger partial charge in [-0.3, -0.25) is 4.79 Å². The molecule has 2 aromatic rings. The number of hydrogen-bond acceptors (Lipinski definition) is 3. The van der Waals surface area contributed by atoms with Crippen molar-refractivity contribution in [3.05, 3.63) is 65.7 Å². The number of ether oxygens (including phenoxy) is 1. The van der Waals surface area contributed by atoms with Crippen LogP contribution in [0.15, 0.2) is 54.6 Å². The second kappa shape index (κ2) is 7.57. The van der Waals surface area contributed by atoms with Gasteiger partial charge in [-0.15, -0.1) is 0 Å². The van der Waals surface area contributed by atoms with Gasteiger partial charge in [0, 0.05) is 12.3 Å². The SMILES string of the molecule is CCOCc1cccc(NC(=O)C(O)c2ccccc2)c1. The third kappa shape index (κ3) is 4.41. The largest absolute Gasteiger partial charge is 0.378 e. The van der Waals surface area contributed by atoms with E-state index in [0.717, 1.165) is 5.56 Å². The molecule has 4 heteroatoms. The molecule has 21 heavy (non-hydrogen) atoms. The van der Waals surface area contributed by atoms with Crippen molar-refractivity contribution in [2.24, 2.45) is 0 Å². The Morgan fingerprint density at radius 3 is 2.67 bits per heavy atom. The number of benzene rings is 2. The smallest absolute Gasteiger partial charge is 0.257 e. The van der Waals surface area contributed by atoms with Gasteiger partial charge in [0.2, 0.25) is 0 Å². The number of anilines is 1. The Morgan fingerprint density at radius 1 is 1.19 bits per heavy atom. The second-order valence-electron chi connectivity index (χ2n) is 4.64. The summed E-state index contributed by atoms with van der Waals surface area (Å²) in [5.74, 6) is -0.449. The summed E-state index contributed by atoms with van der Waals surface area (Å²) in [5.41, 5.74) is 2.19. The molecule has 1 unspecified atom stereocenters. The van der Waals surface area contributed by atoms with Gasteiger partial charge < -0.3 is 15.2 Å². The van der Waals surface area contributed by atoms with Crippen LogP contribution < -0.4 is 5.32 Å². The number of aliphatic hydroxyl groups excluding tert-OH is 1. The Kier molecular flexibility index (Phi) is 5.49. The van der Waals surface area contributed by atoms with Gasteiger partial charge in [0.25, 0.3) is 5.91 Å². The van der Waals surface area contributed by atoms with Gasteiger partial charge in [0.15, 0.2) is 6.10 Å². The van der Waals surface area contributed by atoms with Gasteiger partial charge in [0.05, 0.1) is 6.61 Å². The molecule has 0 aliphatic carbocycles. The van der Waals surface area contributed by atoms with E-state index < -0.39 is 12.0 Å². The lowest BCUT2D eigenvalue weighted by molar-refractivity contribution is -0.124. The molecule has 0 aliphatic heterocycles. The molecule has 2 rings (SSSR count). The molecule has 0 aliphatic rings. The quantitative estimate of drug-likeness (QED) is 0.858. The molecular weight excluding hydrogens is 266 g/mol. The average molecular weight is 285 g/mol. The van der Waals surface area contributed by atoms with Crippen molar-refractivity contribution in [3.63, 3.8) is 0 Å². The van der Waals surface area contributed by atoms with Crippen molar-refractivity contribution in [2.75, 3.05) is 11.9 Å². The summed E-state index contributed by atoms with van der Waals surface area (Å²) in [6.07, 6.45) is -1.18. The predicted molar refractivity (Wildman–Crippen MR) is 81.8 cm³/mol. The summed E-state index contributed by atoms with van der Waals surface area (Å²) >= 11 is 0. The minimum Gasteiger partial charge on any atom is -0.378 e. The predicted octanol–water partition coefficient (Wildman–Crippen LogP) is 2.90. The van der Waals surface area contributed by atoms with Crippen LogP contribution in [0.2, 0.25) is 0 Å². The first-order valence-electron chi connectivity index (χ1n) is 6.91.